The van der Waals surface area contributed by atoms with E-state index in [9.17, 15) is 4.79 Å². The SMILES string of the molecule is CCCC/C(C(=O)OC)=C1\CCCCO1. The van der Waals surface area contributed by atoms with Crippen molar-refractivity contribution in [2.45, 2.75) is 45.4 Å². The summed E-state index contributed by atoms with van der Waals surface area (Å²) in [4.78, 5) is 11.6. The van der Waals surface area contributed by atoms with Gasteiger partial charge in [0.25, 0.3) is 0 Å². The molecule has 1 saturated heterocycles. The average molecular weight is 212 g/mol. The fraction of sp³-hybridized carbons (Fsp3) is 0.750. The zero-order valence-electron chi connectivity index (χ0n) is 9.67. The monoisotopic (exact) mass is 212 g/mol. The molecule has 0 atom stereocenters. The van der Waals surface area contributed by atoms with Gasteiger partial charge in [-0.05, 0) is 25.7 Å². The maximum atomic E-state index is 11.6. The second kappa shape index (κ2) is 6.49. The first-order chi connectivity index (χ1) is 7.29. The third kappa shape index (κ3) is 3.57. The van der Waals surface area contributed by atoms with E-state index in [1.165, 1.54) is 7.11 Å². The smallest absolute Gasteiger partial charge is 0.337 e. The van der Waals surface area contributed by atoms with Crippen LogP contribution in [0.2, 0.25) is 0 Å². The van der Waals surface area contributed by atoms with E-state index < -0.39 is 0 Å². The molecule has 0 spiro atoms. The Morgan fingerprint density at radius 3 is 2.80 bits per heavy atom. The topological polar surface area (TPSA) is 35.5 Å². The summed E-state index contributed by atoms with van der Waals surface area (Å²) >= 11 is 0. The number of carbonyl (C=O) groups is 1. The molecule has 0 aromatic heterocycles. The Morgan fingerprint density at radius 1 is 1.47 bits per heavy atom. The zero-order chi connectivity index (χ0) is 11.1. The van der Waals surface area contributed by atoms with Gasteiger partial charge in [0, 0.05) is 6.42 Å². The van der Waals surface area contributed by atoms with Gasteiger partial charge in [0.1, 0.15) is 5.76 Å². The minimum atomic E-state index is -0.222. The quantitative estimate of drug-likeness (QED) is 0.531. The van der Waals surface area contributed by atoms with Crippen molar-refractivity contribution in [3.05, 3.63) is 11.3 Å². The molecular formula is C12H20O3. The average Bonchev–Trinajstić information content (AvgIpc) is 2.30. The zero-order valence-corrected chi connectivity index (χ0v) is 9.67. The van der Waals surface area contributed by atoms with Gasteiger partial charge in [-0.15, -0.1) is 0 Å². The standard InChI is InChI=1S/C12H20O3/c1-3-4-7-10(12(13)14-2)11-8-5-6-9-15-11/h3-9H2,1-2H3/b11-10-. The molecule has 0 amide bonds. The Kier molecular flexibility index (Phi) is 5.22. The Balaban J connectivity index is 2.71. The van der Waals surface area contributed by atoms with Crippen molar-refractivity contribution in [2.75, 3.05) is 13.7 Å². The van der Waals surface area contributed by atoms with Gasteiger partial charge < -0.3 is 9.47 Å². The van der Waals surface area contributed by atoms with Gasteiger partial charge in [-0.3, -0.25) is 0 Å². The molecule has 0 aliphatic carbocycles. The highest BCUT2D eigenvalue weighted by atomic mass is 16.5. The molecule has 0 unspecified atom stereocenters. The van der Waals surface area contributed by atoms with Crippen molar-refractivity contribution in [1.82, 2.24) is 0 Å². The van der Waals surface area contributed by atoms with Crippen LogP contribution < -0.4 is 0 Å². The van der Waals surface area contributed by atoms with E-state index in [1.54, 1.807) is 0 Å². The van der Waals surface area contributed by atoms with Crippen molar-refractivity contribution < 1.29 is 14.3 Å². The van der Waals surface area contributed by atoms with E-state index in [4.69, 9.17) is 9.47 Å². The summed E-state index contributed by atoms with van der Waals surface area (Å²) in [5.41, 5.74) is 0.749. The molecule has 1 aliphatic rings. The first-order valence-corrected chi connectivity index (χ1v) is 5.72. The van der Waals surface area contributed by atoms with Crippen LogP contribution in [0.15, 0.2) is 11.3 Å². The Morgan fingerprint density at radius 2 is 2.27 bits per heavy atom. The molecule has 0 aromatic carbocycles. The van der Waals surface area contributed by atoms with Crippen LogP contribution in [0.5, 0.6) is 0 Å². The molecule has 1 fully saturated rings. The summed E-state index contributed by atoms with van der Waals surface area (Å²) in [5.74, 6) is 0.641. The Hall–Kier alpha value is -0.990. The molecule has 0 bridgehead atoms. The second-order valence-corrected chi connectivity index (χ2v) is 3.80. The number of rotatable bonds is 4. The summed E-state index contributed by atoms with van der Waals surface area (Å²) < 4.78 is 10.3. The molecule has 1 aliphatic heterocycles. The molecular weight excluding hydrogens is 192 g/mol. The third-order valence-electron chi connectivity index (χ3n) is 2.62. The maximum absolute atomic E-state index is 11.6. The van der Waals surface area contributed by atoms with Crippen molar-refractivity contribution in [1.29, 1.82) is 0 Å². The predicted octanol–water partition coefficient (Wildman–Crippen LogP) is 2.80. The molecule has 3 heteroatoms. The lowest BCUT2D eigenvalue weighted by Crippen LogP contribution is -2.13. The highest BCUT2D eigenvalue weighted by molar-refractivity contribution is 5.88. The molecule has 3 nitrogen and oxygen atoms in total. The Bertz CT molecular complexity index is 235. The summed E-state index contributed by atoms with van der Waals surface area (Å²) in [6.07, 6.45) is 5.95. The summed E-state index contributed by atoms with van der Waals surface area (Å²) in [6.45, 7) is 2.85. The van der Waals surface area contributed by atoms with Gasteiger partial charge >= 0.3 is 5.97 Å². The molecule has 0 aromatic rings. The fourth-order valence-corrected chi connectivity index (χ4v) is 1.73. The minimum absolute atomic E-state index is 0.222. The van der Waals surface area contributed by atoms with Gasteiger partial charge in [0.15, 0.2) is 0 Å². The van der Waals surface area contributed by atoms with Gasteiger partial charge in [-0.25, -0.2) is 4.79 Å². The number of ether oxygens (including phenoxy) is 2. The fourth-order valence-electron chi connectivity index (χ4n) is 1.73. The molecule has 0 saturated carbocycles. The highest BCUT2D eigenvalue weighted by Gasteiger charge is 2.18. The van der Waals surface area contributed by atoms with Crippen LogP contribution in [0.25, 0.3) is 0 Å². The molecule has 0 N–H and O–H groups in total. The Labute approximate surface area is 91.4 Å². The number of allylic oxidation sites excluding steroid dienone is 1. The van der Waals surface area contributed by atoms with E-state index in [0.29, 0.717) is 0 Å². The second-order valence-electron chi connectivity index (χ2n) is 3.80. The number of unbranched alkanes of at least 4 members (excludes halogenated alkanes) is 1. The van der Waals surface area contributed by atoms with E-state index in [0.717, 1.165) is 56.5 Å². The van der Waals surface area contributed by atoms with Crippen LogP contribution in [-0.2, 0) is 14.3 Å². The normalized spacial score (nSPS) is 19.3. The molecule has 1 heterocycles. The van der Waals surface area contributed by atoms with Crippen molar-refractivity contribution in [3.8, 4) is 0 Å². The maximum Gasteiger partial charge on any atom is 0.337 e. The molecule has 15 heavy (non-hydrogen) atoms. The molecule has 0 radical (unpaired) electrons. The van der Waals surface area contributed by atoms with Crippen LogP contribution in [0.4, 0.5) is 0 Å². The summed E-state index contributed by atoms with van der Waals surface area (Å²) in [6, 6.07) is 0. The van der Waals surface area contributed by atoms with Crippen LogP contribution in [0, 0.1) is 0 Å². The van der Waals surface area contributed by atoms with E-state index in [-0.39, 0.29) is 5.97 Å². The predicted molar refractivity (Wildman–Crippen MR) is 58.4 cm³/mol. The summed E-state index contributed by atoms with van der Waals surface area (Å²) in [5, 5.41) is 0. The van der Waals surface area contributed by atoms with Crippen molar-refractivity contribution in [3.63, 3.8) is 0 Å². The van der Waals surface area contributed by atoms with Gasteiger partial charge in [-0.2, -0.15) is 0 Å². The minimum Gasteiger partial charge on any atom is -0.497 e. The third-order valence-corrected chi connectivity index (χ3v) is 2.62. The first kappa shape index (κ1) is 12.1. The van der Waals surface area contributed by atoms with E-state index in [1.807, 2.05) is 0 Å². The van der Waals surface area contributed by atoms with Crippen molar-refractivity contribution >= 4 is 5.97 Å². The van der Waals surface area contributed by atoms with E-state index >= 15 is 0 Å². The summed E-state index contributed by atoms with van der Waals surface area (Å²) in [7, 11) is 1.43. The molecule has 1 rings (SSSR count). The lowest BCUT2D eigenvalue weighted by Gasteiger charge is -2.19. The van der Waals surface area contributed by atoms with Crippen LogP contribution in [0.1, 0.15) is 45.4 Å². The number of carbonyl (C=O) groups excluding carboxylic acids is 1. The highest BCUT2D eigenvalue weighted by Crippen LogP contribution is 2.23. The van der Waals surface area contributed by atoms with Gasteiger partial charge in [-0.1, -0.05) is 13.3 Å². The van der Waals surface area contributed by atoms with Gasteiger partial charge in [0.05, 0.1) is 19.3 Å². The largest absolute Gasteiger partial charge is 0.497 e. The molecule has 86 valence electrons. The number of methoxy groups -OCH3 is 1. The lowest BCUT2D eigenvalue weighted by atomic mass is 10.0. The van der Waals surface area contributed by atoms with Crippen LogP contribution >= 0.6 is 0 Å². The van der Waals surface area contributed by atoms with Crippen LogP contribution in [0.3, 0.4) is 0 Å². The van der Waals surface area contributed by atoms with Gasteiger partial charge in [0.2, 0.25) is 0 Å². The van der Waals surface area contributed by atoms with E-state index in [2.05, 4.69) is 6.92 Å². The first-order valence-electron chi connectivity index (χ1n) is 5.72. The van der Waals surface area contributed by atoms with Crippen molar-refractivity contribution in [2.24, 2.45) is 0 Å². The number of esters is 1. The van der Waals surface area contributed by atoms with Crippen LogP contribution in [-0.4, -0.2) is 19.7 Å². The number of hydrogen-bond acceptors (Lipinski definition) is 3. The number of hydrogen-bond donors (Lipinski definition) is 0. The lowest BCUT2D eigenvalue weighted by molar-refractivity contribution is -0.136.